The van der Waals surface area contributed by atoms with Gasteiger partial charge >= 0.3 is 0 Å². The number of carbonyl (C=O) groups excluding carboxylic acids is 1. The van der Waals surface area contributed by atoms with Gasteiger partial charge in [-0.05, 0) is 47.5 Å². The quantitative estimate of drug-likeness (QED) is 0.546. The van der Waals surface area contributed by atoms with Crippen LogP contribution < -0.4 is 10.1 Å². The molecule has 3 aromatic rings. The zero-order chi connectivity index (χ0) is 22.1. The average molecular weight is 417 g/mol. The number of methoxy groups -OCH3 is 1. The van der Waals surface area contributed by atoms with Crippen LogP contribution in [0.15, 0.2) is 72.8 Å². The molecule has 158 valence electrons. The summed E-state index contributed by atoms with van der Waals surface area (Å²) in [7, 11) is 1.56. The molecule has 0 heterocycles. The number of rotatable bonds is 9. The van der Waals surface area contributed by atoms with E-state index in [0.717, 1.165) is 11.1 Å². The third-order valence-electron chi connectivity index (χ3n) is 4.82. The molecule has 0 aliphatic heterocycles. The maximum atomic E-state index is 13.6. The number of nitriles is 1. The molecule has 0 atom stereocenters. The van der Waals surface area contributed by atoms with Crippen LogP contribution in [0, 0.1) is 17.1 Å². The second kappa shape index (κ2) is 10.9. The van der Waals surface area contributed by atoms with Crippen LogP contribution in [-0.2, 0) is 17.9 Å². The second-order valence-corrected chi connectivity index (χ2v) is 7.15. The van der Waals surface area contributed by atoms with Crippen LogP contribution in [0.2, 0.25) is 0 Å². The number of hydrogen-bond donors (Lipinski definition) is 1. The van der Waals surface area contributed by atoms with Gasteiger partial charge in [0.15, 0.2) is 0 Å². The van der Waals surface area contributed by atoms with Crippen molar-refractivity contribution in [3.63, 3.8) is 0 Å². The molecular weight excluding hydrogens is 393 g/mol. The first kappa shape index (κ1) is 22.0. The van der Waals surface area contributed by atoms with Crippen molar-refractivity contribution in [1.29, 1.82) is 5.26 Å². The minimum Gasteiger partial charge on any atom is -0.495 e. The Balaban J connectivity index is 1.67. The lowest BCUT2D eigenvalue weighted by molar-refractivity contribution is -0.116. The van der Waals surface area contributed by atoms with Crippen LogP contribution in [0.4, 0.5) is 10.1 Å². The zero-order valence-corrected chi connectivity index (χ0v) is 17.3. The number of halogens is 1. The lowest BCUT2D eigenvalue weighted by Crippen LogP contribution is -2.27. The largest absolute Gasteiger partial charge is 0.495 e. The fourth-order valence-corrected chi connectivity index (χ4v) is 3.27. The lowest BCUT2D eigenvalue weighted by atomic mass is 10.1. The van der Waals surface area contributed by atoms with E-state index >= 15 is 0 Å². The first-order valence-corrected chi connectivity index (χ1v) is 9.96. The van der Waals surface area contributed by atoms with Gasteiger partial charge in [0, 0.05) is 26.1 Å². The van der Waals surface area contributed by atoms with Gasteiger partial charge in [0.2, 0.25) is 5.91 Å². The van der Waals surface area contributed by atoms with E-state index in [4.69, 9.17) is 10.00 Å². The molecule has 3 rings (SSSR count). The van der Waals surface area contributed by atoms with Crippen molar-refractivity contribution in [2.45, 2.75) is 19.5 Å². The molecule has 5 nitrogen and oxygen atoms in total. The third kappa shape index (κ3) is 6.66. The van der Waals surface area contributed by atoms with Crippen LogP contribution in [0.1, 0.15) is 23.1 Å². The van der Waals surface area contributed by atoms with Crippen molar-refractivity contribution in [2.24, 2.45) is 0 Å². The van der Waals surface area contributed by atoms with Gasteiger partial charge in [-0.3, -0.25) is 9.69 Å². The zero-order valence-electron chi connectivity index (χ0n) is 17.3. The van der Waals surface area contributed by atoms with E-state index in [0.29, 0.717) is 36.6 Å². The summed E-state index contributed by atoms with van der Waals surface area (Å²) in [6, 6.07) is 23.1. The van der Waals surface area contributed by atoms with Crippen LogP contribution in [0.5, 0.6) is 5.75 Å². The Hall–Kier alpha value is -3.69. The maximum Gasteiger partial charge on any atom is 0.225 e. The van der Waals surface area contributed by atoms with Gasteiger partial charge in [0.05, 0.1) is 24.4 Å². The number of nitrogens with zero attached hydrogens (tertiary/aromatic N) is 2. The smallest absolute Gasteiger partial charge is 0.225 e. The summed E-state index contributed by atoms with van der Waals surface area (Å²) >= 11 is 0. The van der Waals surface area contributed by atoms with Gasteiger partial charge in [-0.15, -0.1) is 0 Å². The summed E-state index contributed by atoms with van der Waals surface area (Å²) in [5.74, 6) is 0.184. The highest BCUT2D eigenvalue weighted by Crippen LogP contribution is 2.23. The molecule has 0 fully saturated rings. The fraction of sp³-hybridized carbons (Fsp3) is 0.200. The molecule has 0 aromatic heterocycles. The minimum atomic E-state index is -0.287. The van der Waals surface area contributed by atoms with E-state index in [1.165, 1.54) is 12.1 Å². The number of nitrogens with one attached hydrogen (secondary N) is 1. The molecular formula is C25H24FN3O2. The Morgan fingerprint density at radius 2 is 1.77 bits per heavy atom. The molecule has 0 radical (unpaired) electrons. The SMILES string of the molecule is COc1ccccc1NC(=O)CCN(Cc1ccc(C#N)cc1)Cc1cccc(F)c1. The van der Waals surface area contributed by atoms with Gasteiger partial charge in [0.25, 0.3) is 0 Å². The fourth-order valence-electron chi connectivity index (χ4n) is 3.27. The molecule has 3 aromatic carbocycles. The van der Waals surface area contributed by atoms with Crippen LogP contribution in [0.25, 0.3) is 0 Å². The topological polar surface area (TPSA) is 65.4 Å². The van der Waals surface area contributed by atoms with Gasteiger partial charge in [-0.25, -0.2) is 4.39 Å². The van der Waals surface area contributed by atoms with E-state index in [2.05, 4.69) is 16.3 Å². The van der Waals surface area contributed by atoms with Crippen molar-refractivity contribution < 1.29 is 13.9 Å². The number of amides is 1. The summed E-state index contributed by atoms with van der Waals surface area (Å²) in [4.78, 5) is 14.6. The Labute approximate surface area is 181 Å². The Morgan fingerprint density at radius 3 is 2.48 bits per heavy atom. The van der Waals surface area contributed by atoms with E-state index in [1.807, 2.05) is 30.3 Å². The minimum absolute atomic E-state index is 0.131. The molecule has 0 saturated carbocycles. The van der Waals surface area contributed by atoms with Crippen LogP contribution >= 0.6 is 0 Å². The summed E-state index contributed by atoms with van der Waals surface area (Å²) in [6.07, 6.45) is 0.268. The molecule has 0 aliphatic rings. The van der Waals surface area contributed by atoms with Crippen molar-refractivity contribution in [3.8, 4) is 11.8 Å². The van der Waals surface area contributed by atoms with E-state index in [1.54, 1.807) is 37.4 Å². The van der Waals surface area contributed by atoms with Crippen LogP contribution in [-0.4, -0.2) is 24.5 Å². The standard InChI is InChI=1S/C25H24FN3O2/c1-31-24-8-3-2-7-23(24)28-25(30)13-14-29(18-21-5-4-6-22(26)15-21)17-20-11-9-19(16-27)10-12-20/h2-12,15H,13-14,17-18H2,1H3,(H,28,30). The number of benzene rings is 3. The van der Waals surface area contributed by atoms with Gasteiger partial charge in [0.1, 0.15) is 11.6 Å². The molecule has 31 heavy (non-hydrogen) atoms. The summed E-state index contributed by atoms with van der Waals surface area (Å²) in [5.41, 5.74) is 3.06. The molecule has 0 saturated heterocycles. The van der Waals surface area contributed by atoms with Gasteiger partial charge < -0.3 is 10.1 Å². The van der Waals surface area contributed by atoms with E-state index in [-0.39, 0.29) is 18.1 Å². The molecule has 0 spiro atoms. The van der Waals surface area contributed by atoms with Crippen molar-refractivity contribution in [2.75, 3.05) is 19.0 Å². The van der Waals surface area contributed by atoms with Crippen molar-refractivity contribution >= 4 is 11.6 Å². The summed E-state index contributed by atoms with van der Waals surface area (Å²) in [5, 5.41) is 11.9. The number of hydrogen-bond acceptors (Lipinski definition) is 4. The Bertz CT molecular complexity index is 1060. The van der Waals surface area contributed by atoms with Gasteiger partial charge in [-0.2, -0.15) is 5.26 Å². The molecule has 1 N–H and O–H groups in total. The summed E-state index contributed by atoms with van der Waals surface area (Å²) in [6.45, 7) is 1.56. The van der Waals surface area contributed by atoms with Crippen molar-refractivity contribution in [1.82, 2.24) is 4.90 Å². The molecule has 0 bridgehead atoms. The van der Waals surface area contributed by atoms with E-state index in [9.17, 15) is 9.18 Å². The first-order valence-electron chi connectivity index (χ1n) is 9.96. The molecule has 1 amide bonds. The maximum absolute atomic E-state index is 13.6. The van der Waals surface area contributed by atoms with Crippen LogP contribution in [0.3, 0.4) is 0 Å². The number of para-hydroxylation sites is 2. The van der Waals surface area contributed by atoms with E-state index < -0.39 is 0 Å². The predicted molar refractivity (Wildman–Crippen MR) is 118 cm³/mol. The average Bonchev–Trinajstić information content (AvgIpc) is 2.78. The number of ether oxygens (including phenoxy) is 1. The van der Waals surface area contributed by atoms with Gasteiger partial charge in [-0.1, -0.05) is 36.4 Å². The monoisotopic (exact) mass is 417 g/mol. The second-order valence-electron chi connectivity index (χ2n) is 7.15. The molecule has 6 heteroatoms. The molecule has 0 aliphatic carbocycles. The highest BCUT2D eigenvalue weighted by Gasteiger charge is 2.12. The Morgan fingerprint density at radius 1 is 1.03 bits per heavy atom. The number of anilines is 1. The molecule has 0 unspecified atom stereocenters. The normalized spacial score (nSPS) is 10.5. The van der Waals surface area contributed by atoms with Crippen molar-refractivity contribution in [3.05, 3.63) is 95.3 Å². The highest BCUT2D eigenvalue weighted by molar-refractivity contribution is 5.92. The lowest BCUT2D eigenvalue weighted by Gasteiger charge is -2.22. The highest BCUT2D eigenvalue weighted by atomic mass is 19.1. The third-order valence-corrected chi connectivity index (χ3v) is 4.82. The number of carbonyl (C=O) groups is 1. The predicted octanol–water partition coefficient (Wildman–Crippen LogP) is 4.74. The first-order chi connectivity index (χ1) is 15.1. The Kier molecular flexibility index (Phi) is 7.74. The summed E-state index contributed by atoms with van der Waals surface area (Å²) < 4.78 is 18.9.